The Hall–Kier alpha value is -0.900. The third-order valence-corrected chi connectivity index (χ3v) is 5.00. The van der Waals surface area contributed by atoms with Crippen LogP contribution in [0.15, 0.2) is 18.2 Å². The molecule has 0 spiro atoms. The molecule has 2 nitrogen and oxygen atoms in total. The van der Waals surface area contributed by atoms with Gasteiger partial charge in [-0.2, -0.15) is 0 Å². The summed E-state index contributed by atoms with van der Waals surface area (Å²) in [6, 6.07) is 6.22. The van der Waals surface area contributed by atoms with Crippen molar-refractivity contribution in [3.8, 4) is 10.6 Å². The van der Waals surface area contributed by atoms with Gasteiger partial charge in [-0.15, -0.1) is 11.3 Å². The van der Waals surface area contributed by atoms with Crippen molar-refractivity contribution in [2.45, 2.75) is 32.2 Å². The van der Waals surface area contributed by atoms with E-state index in [0.29, 0.717) is 0 Å². The Morgan fingerprint density at radius 2 is 2.28 bits per heavy atom. The fraction of sp³-hybridized carbons (Fsp3) is 0.357. The van der Waals surface area contributed by atoms with Crippen LogP contribution in [0.4, 0.5) is 0 Å². The van der Waals surface area contributed by atoms with Crippen molar-refractivity contribution in [3.63, 3.8) is 0 Å². The number of halogens is 1. The zero-order valence-corrected chi connectivity index (χ0v) is 11.8. The second kappa shape index (κ2) is 4.65. The summed E-state index contributed by atoms with van der Waals surface area (Å²) in [5.74, 6) is 0. The Labute approximate surface area is 116 Å². The second-order valence-corrected chi connectivity index (χ2v) is 6.28. The average Bonchev–Trinajstić information content (AvgIpc) is 2.78. The Balaban J connectivity index is 2.04. The van der Waals surface area contributed by atoms with Crippen molar-refractivity contribution in [1.29, 1.82) is 0 Å². The van der Waals surface area contributed by atoms with Crippen LogP contribution in [0.2, 0.25) is 5.02 Å². The van der Waals surface area contributed by atoms with Gasteiger partial charge in [0.1, 0.15) is 5.01 Å². The first-order chi connectivity index (χ1) is 8.65. The van der Waals surface area contributed by atoms with Gasteiger partial charge in [-0.1, -0.05) is 23.7 Å². The lowest BCUT2D eigenvalue weighted by Gasteiger charge is -2.15. The van der Waals surface area contributed by atoms with Gasteiger partial charge in [0.2, 0.25) is 0 Å². The number of benzene rings is 1. The molecule has 1 unspecified atom stereocenters. The number of rotatable bonds is 1. The fourth-order valence-corrected chi connectivity index (χ4v) is 3.65. The first-order valence-electron chi connectivity index (χ1n) is 6.17. The smallest absolute Gasteiger partial charge is 0.123 e. The van der Waals surface area contributed by atoms with Crippen molar-refractivity contribution in [2.75, 3.05) is 0 Å². The maximum absolute atomic E-state index is 6.17. The van der Waals surface area contributed by atoms with Crippen LogP contribution >= 0.6 is 22.9 Å². The van der Waals surface area contributed by atoms with Gasteiger partial charge < -0.3 is 5.73 Å². The maximum atomic E-state index is 6.17. The molecule has 1 heterocycles. The summed E-state index contributed by atoms with van der Waals surface area (Å²) in [6.07, 6.45) is 3.33. The molecule has 2 N–H and O–H groups in total. The predicted molar refractivity (Wildman–Crippen MR) is 77.2 cm³/mol. The minimum atomic E-state index is 0.111. The highest BCUT2D eigenvalue weighted by Gasteiger charge is 2.22. The molecule has 1 aliphatic carbocycles. The third-order valence-electron chi connectivity index (χ3n) is 3.42. The van der Waals surface area contributed by atoms with Gasteiger partial charge in [0.15, 0.2) is 0 Å². The van der Waals surface area contributed by atoms with Crippen LogP contribution in [-0.4, -0.2) is 4.98 Å². The minimum absolute atomic E-state index is 0.111. The van der Waals surface area contributed by atoms with Gasteiger partial charge in [0.05, 0.1) is 5.69 Å². The fourth-order valence-electron chi connectivity index (χ4n) is 2.30. The van der Waals surface area contributed by atoms with E-state index in [1.165, 1.54) is 11.3 Å². The number of nitrogens with two attached hydrogens (primary N) is 1. The summed E-state index contributed by atoms with van der Waals surface area (Å²) in [6.45, 7) is 2.01. The van der Waals surface area contributed by atoms with Crippen molar-refractivity contribution < 1.29 is 0 Å². The molecular formula is C14H15ClN2S. The largest absolute Gasteiger partial charge is 0.323 e. The molecule has 0 saturated heterocycles. The first-order valence-corrected chi connectivity index (χ1v) is 7.36. The molecule has 94 valence electrons. The van der Waals surface area contributed by atoms with Crippen LogP contribution in [0.3, 0.4) is 0 Å². The Kier molecular flexibility index (Phi) is 3.14. The Morgan fingerprint density at radius 1 is 1.44 bits per heavy atom. The summed E-state index contributed by atoms with van der Waals surface area (Å²) in [7, 11) is 0. The molecule has 0 saturated carbocycles. The lowest BCUT2D eigenvalue weighted by Crippen LogP contribution is -2.16. The highest BCUT2D eigenvalue weighted by Crippen LogP contribution is 2.36. The van der Waals surface area contributed by atoms with E-state index in [4.69, 9.17) is 22.3 Å². The normalized spacial score (nSPS) is 18.7. The van der Waals surface area contributed by atoms with Gasteiger partial charge in [0, 0.05) is 21.5 Å². The molecule has 18 heavy (non-hydrogen) atoms. The van der Waals surface area contributed by atoms with Crippen LogP contribution in [0.1, 0.15) is 35.0 Å². The number of thiazole rings is 1. The molecule has 0 bridgehead atoms. The molecule has 0 fully saturated rings. The van der Waals surface area contributed by atoms with Crippen LogP contribution in [0, 0.1) is 6.92 Å². The van der Waals surface area contributed by atoms with Crippen LogP contribution < -0.4 is 5.73 Å². The lowest BCUT2D eigenvalue weighted by atomic mass is 9.99. The summed E-state index contributed by atoms with van der Waals surface area (Å²) in [5, 5.41) is 1.84. The van der Waals surface area contributed by atoms with Gasteiger partial charge in [0.25, 0.3) is 0 Å². The van der Waals surface area contributed by atoms with E-state index < -0.39 is 0 Å². The lowest BCUT2D eigenvalue weighted by molar-refractivity contribution is 0.564. The molecule has 1 aromatic heterocycles. The Bertz CT molecular complexity index is 591. The monoisotopic (exact) mass is 278 g/mol. The van der Waals surface area contributed by atoms with Gasteiger partial charge in [-0.05, 0) is 37.8 Å². The Morgan fingerprint density at radius 3 is 3.00 bits per heavy atom. The number of aromatic nitrogens is 1. The zero-order chi connectivity index (χ0) is 12.7. The van der Waals surface area contributed by atoms with Crippen molar-refractivity contribution in [2.24, 2.45) is 5.73 Å². The number of nitrogens with zero attached hydrogens (tertiary/aromatic N) is 1. The average molecular weight is 279 g/mol. The van der Waals surface area contributed by atoms with E-state index in [2.05, 4.69) is 6.07 Å². The quantitative estimate of drug-likeness (QED) is 0.853. The van der Waals surface area contributed by atoms with Crippen LogP contribution in [0.25, 0.3) is 10.6 Å². The SMILES string of the molecule is Cc1ccc(-c2nc3c(s2)CCCC3N)cc1Cl. The molecule has 1 aliphatic rings. The molecule has 1 aromatic carbocycles. The highest BCUT2D eigenvalue weighted by atomic mass is 35.5. The molecule has 1 atom stereocenters. The van der Waals surface area contributed by atoms with E-state index in [1.54, 1.807) is 11.3 Å². The zero-order valence-electron chi connectivity index (χ0n) is 10.2. The molecule has 0 aliphatic heterocycles. The number of aryl methyl sites for hydroxylation is 2. The van der Waals surface area contributed by atoms with Crippen LogP contribution in [-0.2, 0) is 6.42 Å². The number of hydrogen-bond acceptors (Lipinski definition) is 3. The van der Waals surface area contributed by atoms with Crippen molar-refractivity contribution >= 4 is 22.9 Å². The van der Waals surface area contributed by atoms with E-state index in [-0.39, 0.29) is 6.04 Å². The maximum Gasteiger partial charge on any atom is 0.123 e. The molecule has 2 aromatic rings. The van der Waals surface area contributed by atoms with E-state index >= 15 is 0 Å². The van der Waals surface area contributed by atoms with E-state index in [0.717, 1.165) is 39.7 Å². The van der Waals surface area contributed by atoms with Gasteiger partial charge in [-0.25, -0.2) is 4.98 Å². The summed E-state index contributed by atoms with van der Waals surface area (Å²) in [5.41, 5.74) is 9.40. The molecule has 0 amide bonds. The third kappa shape index (κ3) is 2.07. The second-order valence-electron chi connectivity index (χ2n) is 4.79. The van der Waals surface area contributed by atoms with Crippen molar-refractivity contribution in [1.82, 2.24) is 4.98 Å². The van der Waals surface area contributed by atoms with Crippen molar-refractivity contribution in [3.05, 3.63) is 39.4 Å². The summed E-state index contributed by atoms with van der Waals surface area (Å²) >= 11 is 7.93. The molecular weight excluding hydrogens is 264 g/mol. The van der Waals surface area contributed by atoms with E-state index in [9.17, 15) is 0 Å². The highest BCUT2D eigenvalue weighted by molar-refractivity contribution is 7.15. The van der Waals surface area contributed by atoms with Gasteiger partial charge >= 0.3 is 0 Å². The summed E-state index contributed by atoms with van der Waals surface area (Å²) in [4.78, 5) is 6.06. The van der Waals surface area contributed by atoms with Gasteiger partial charge in [-0.3, -0.25) is 0 Å². The summed E-state index contributed by atoms with van der Waals surface area (Å²) < 4.78 is 0. The first kappa shape index (κ1) is 12.2. The molecule has 4 heteroatoms. The standard InChI is InChI=1S/C14H15ClN2S/c1-8-5-6-9(7-10(8)15)14-17-13-11(16)3-2-4-12(13)18-14/h5-7,11H,2-4,16H2,1H3. The molecule has 3 rings (SSSR count). The number of hydrogen-bond donors (Lipinski definition) is 1. The number of fused-ring (bicyclic) bond motifs is 1. The van der Waals surface area contributed by atoms with Crippen LogP contribution in [0.5, 0.6) is 0 Å². The predicted octanol–water partition coefficient (Wildman–Crippen LogP) is 4.11. The minimum Gasteiger partial charge on any atom is -0.323 e. The van der Waals surface area contributed by atoms with E-state index in [1.807, 2.05) is 19.1 Å². The topological polar surface area (TPSA) is 38.9 Å². The molecule has 0 radical (unpaired) electrons.